The van der Waals surface area contributed by atoms with Gasteiger partial charge >= 0.3 is 0 Å². The number of hydrogen-bond donors (Lipinski definition) is 2. The van der Waals surface area contributed by atoms with Crippen molar-refractivity contribution in [3.63, 3.8) is 0 Å². The molecule has 0 radical (unpaired) electrons. The summed E-state index contributed by atoms with van der Waals surface area (Å²) in [7, 11) is 0. The van der Waals surface area contributed by atoms with Gasteiger partial charge in [-0.3, -0.25) is 9.59 Å². The molecule has 1 aliphatic rings. The van der Waals surface area contributed by atoms with Gasteiger partial charge in [0.15, 0.2) is 0 Å². The summed E-state index contributed by atoms with van der Waals surface area (Å²) >= 11 is 0. The number of carbonyl (C=O) groups excluding carboxylic acids is 2. The summed E-state index contributed by atoms with van der Waals surface area (Å²) in [4.78, 5) is 23.0. The summed E-state index contributed by atoms with van der Waals surface area (Å²) < 4.78 is 5.24. The molecule has 0 aromatic heterocycles. The van der Waals surface area contributed by atoms with Crippen molar-refractivity contribution in [2.45, 2.75) is 45.3 Å². The van der Waals surface area contributed by atoms with E-state index in [0.717, 1.165) is 19.3 Å². The summed E-state index contributed by atoms with van der Waals surface area (Å²) in [5.74, 6) is -0.662. The third-order valence-electron chi connectivity index (χ3n) is 3.04. The largest absolute Gasteiger partial charge is 0.368 e. The molecule has 5 nitrogen and oxygen atoms in total. The van der Waals surface area contributed by atoms with E-state index in [0.29, 0.717) is 6.61 Å². The predicted molar refractivity (Wildman–Crippen MR) is 59.6 cm³/mol. The van der Waals surface area contributed by atoms with Crippen LogP contribution in [0, 0.1) is 5.92 Å². The van der Waals surface area contributed by atoms with E-state index in [9.17, 15) is 9.59 Å². The monoisotopic (exact) mass is 228 g/mol. The highest BCUT2D eigenvalue weighted by molar-refractivity contribution is 5.88. The molecule has 0 aliphatic carbocycles. The number of ether oxygens (including phenoxy) is 1. The van der Waals surface area contributed by atoms with Crippen molar-refractivity contribution >= 4 is 11.8 Å². The molecule has 1 heterocycles. The Labute approximate surface area is 95.7 Å². The van der Waals surface area contributed by atoms with Crippen LogP contribution in [-0.4, -0.2) is 30.6 Å². The van der Waals surface area contributed by atoms with Crippen LogP contribution in [0.15, 0.2) is 0 Å². The van der Waals surface area contributed by atoms with Crippen LogP contribution in [0.4, 0.5) is 0 Å². The second kappa shape index (κ2) is 5.84. The maximum atomic E-state index is 11.7. The number of rotatable bonds is 5. The van der Waals surface area contributed by atoms with Crippen molar-refractivity contribution < 1.29 is 14.3 Å². The van der Waals surface area contributed by atoms with Crippen molar-refractivity contribution in [2.24, 2.45) is 11.7 Å². The third-order valence-corrected chi connectivity index (χ3v) is 3.04. The van der Waals surface area contributed by atoms with Gasteiger partial charge < -0.3 is 15.8 Å². The van der Waals surface area contributed by atoms with Crippen molar-refractivity contribution in [2.75, 3.05) is 6.61 Å². The summed E-state index contributed by atoms with van der Waals surface area (Å²) in [5, 5.41) is 2.67. The first-order valence-electron chi connectivity index (χ1n) is 5.77. The van der Waals surface area contributed by atoms with Gasteiger partial charge in [-0.2, -0.15) is 0 Å². The van der Waals surface area contributed by atoms with Gasteiger partial charge in [0.25, 0.3) is 0 Å². The van der Waals surface area contributed by atoms with E-state index >= 15 is 0 Å². The maximum Gasteiger partial charge on any atom is 0.249 e. The zero-order valence-electron chi connectivity index (χ0n) is 9.86. The molecule has 2 amide bonds. The van der Waals surface area contributed by atoms with Crippen LogP contribution in [0.25, 0.3) is 0 Å². The molecule has 0 spiro atoms. The predicted octanol–water partition coefficient (Wildman–Crippen LogP) is 0.182. The van der Waals surface area contributed by atoms with Gasteiger partial charge in [-0.15, -0.1) is 0 Å². The smallest absolute Gasteiger partial charge is 0.249 e. The summed E-state index contributed by atoms with van der Waals surface area (Å²) in [6.07, 6.45) is 1.99. The molecule has 0 bridgehead atoms. The lowest BCUT2D eigenvalue weighted by atomic mass is 9.98. The Hall–Kier alpha value is -1.10. The first-order chi connectivity index (χ1) is 7.56. The third kappa shape index (κ3) is 3.20. The minimum absolute atomic E-state index is 0.0443. The Morgan fingerprint density at radius 2 is 2.25 bits per heavy atom. The van der Waals surface area contributed by atoms with E-state index in [-0.39, 0.29) is 11.8 Å². The van der Waals surface area contributed by atoms with Crippen LogP contribution in [0.2, 0.25) is 0 Å². The molecule has 0 saturated carbocycles. The van der Waals surface area contributed by atoms with Gasteiger partial charge in [0.2, 0.25) is 11.8 Å². The van der Waals surface area contributed by atoms with Crippen molar-refractivity contribution in [3.8, 4) is 0 Å². The second-order valence-electron chi connectivity index (χ2n) is 4.28. The summed E-state index contributed by atoms with van der Waals surface area (Å²) in [5.41, 5.74) is 5.27. The van der Waals surface area contributed by atoms with Gasteiger partial charge in [0, 0.05) is 6.61 Å². The van der Waals surface area contributed by atoms with E-state index in [1.54, 1.807) is 0 Å². The Morgan fingerprint density at radius 1 is 1.56 bits per heavy atom. The van der Waals surface area contributed by atoms with Crippen molar-refractivity contribution in [1.29, 1.82) is 0 Å². The molecule has 1 rings (SSSR count). The fourth-order valence-corrected chi connectivity index (χ4v) is 1.76. The minimum atomic E-state index is -0.596. The highest BCUT2D eigenvalue weighted by atomic mass is 16.5. The molecule has 1 fully saturated rings. The minimum Gasteiger partial charge on any atom is -0.368 e. The van der Waals surface area contributed by atoms with Crippen LogP contribution in [0.1, 0.15) is 33.1 Å². The molecule has 0 unspecified atom stereocenters. The van der Waals surface area contributed by atoms with Crippen molar-refractivity contribution in [1.82, 2.24) is 5.32 Å². The van der Waals surface area contributed by atoms with Gasteiger partial charge in [-0.25, -0.2) is 0 Å². The summed E-state index contributed by atoms with van der Waals surface area (Å²) in [6.45, 7) is 4.46. The van der Waals surface area contributed by atoms with Gasteiger partial charge in [0.05, 0.1) is 0 Å². The first-order valence-corrected chi connectivity index (χ1v) is 5.77. The van der Waals surface area contributed by atoms with Crippen molar-refractivity contribution in [3.05, 3.63) is 0 Å². The fourth-order valence-electron chi connectivity index (χ4n) is 1.76. The Morgan fingerprint density at radius 3 is 2.69 bits per heavy atom. The lowest BCUT2D eigenvalue weighted by molar-refractivity contribution is -0.134. The lowest BCUT2D eigenvalue weighted by Gasteiger charge is -2.22. The molecule has 3 atom stereocenters. The second-order valence-corrected chi connectivity index (χ2v) is 4.28. The van der Waals surface area contributed by atoms with Gasteiger partial charge in [-0.1, -0.05) is 20.3 Å². The number of nitrogens with one attached hydrogen (secondary N) is 1. The van der Waals surface area contributed by atoms with Gasteiger partial charge in [-0.05, 0) is 18.8 Å². The number of hydrogen-bond acceptors (Lipinski definition) is 3. The molecule has 5 heteroatoms. The van der Waals surface area contributed by atoms with E-state index in [1.807, 2.05) is 13.8 Å². The van der Waals surface area contributed by atoms with Crippen LogP contribution in [0.5, 0.6) is 0 Å². The van der Waals surface area contributed by atoms with E-state index in [2.05, 4.69) is 5.32 Å². The zero-order chi connectivity index (χ0) is 12.1. The number of nitrogens with two attached hydrogens (primary N) is 1. The quantitative estimate of drug-likeness (QED) is 0.704. The average Bonchev–Trinajstić information content (AvgIpc) is 2.77. The van der Waals surface area contributed by atoms with Crippen LogP contribution < -0.4 is 11.1 Å². The SMILES string of the molecule is CC[C@@H](C)[C@H](NC(=O)[C@H]1CCCO1)C(N)=O. The summed E-state index contributed by atoms with van der Waals surface area (Å²) in [6, 6.07) is -0.596. The normalized spacial score (nSPS) is 23.8. The highest BCUT2D eigenvalue weighted by Crippen LogP contribution is 2.13. The molecule has 0 aromatic rings. The molecular weight excluding hydrogens is 208 g/mol. The molecule has 92 valence electrons. The van der Waals surface area contributed by atoms with Gasteiger partial charge in [0.1, 0.15) is 12.1 Å². The number of carbonyl (C=O) groups is 2. The van der Waals surface area contributed by atoms with Crippen LogP contribution in [0.3, 0.4) is 0 Å². The Kier molecular flexibility index (Phi) is 4.73. The molecule has 0 aromatic carbocycles. The fraction of sp³-hybridized carbons (Fsp3) is 0.818. The van der Waals surface area contributed by atoms with E-state index in [4.69, 9.17) is 10.5 Å². The van der Waals surface area contributed by atoms with Crippen LogP contribution in [-0.2, 0) is 14.3 Å². The number of amides is 2. The Balaban J connectivity index is 2.53. The number of primary amides is 1. The molecule has 1 aliphatic heterocycles. The van der Waals surface area contributed by atoms with Crippen LogP contribution >= 0.6 is 0 Å². The average molecular weight is 228 g/mol. The molecule has 1 saturated heterocycles. The Bertz CT molecular complexity index is 262. The molecular formula is C11H20N2O3. The standard InChI is InChI=1S/C11H20N2O3/c1-3-7(2)9(10(12)14)13-11(15)8-5-4-6-16-8/h7-9H,3-6H2,1-2H3,(H2,12,14)(H,13,15)/t7-,8-,9+/m1/s1. The molecule has 16 heavy (non-hydrogen) atoms. The zero-order valence-corrected chi connectivity index (χ0v) is 9.86. The highest BCUT2D eigenvalue weighted by Gasteiger charge is 2.29. The lowest BCUT2D eigenvalue weighted by Crippen LogP contribution is -2.51. The molecule has 3 N–H and O–H groups in total. The maximum absolute atomic E-state index is 11.7. The van der Waals surface area contributed by atoms with E-state index in [1.165, 1.54) is 0 Å². The first kappa shape index (κ1) is 13.0. The topological polar surface area (TPSA) is 81.4 Å². The van der Waals surface area contributed by atoms with E-state index < -0.39 is 18.1 Å².